The number of ether oxygens (including phenoxy) is 1. The minimum atomic E-state index is -0.371. The predicted molar refractivity (Wildman–Crippen MR) is 132 cm³/mol. The van der Waals surface area contributed by atoms with Crippen LogP contribution in [-0.4, -0.2) is 18.0 Å². The molecule has 2 amide bonds. The first-order valence-electron chi connectivity index (χ1n) is 10.5. The second-order valence-corrected chi connectivity index (χ2v) is 7.84. The van der Waals surface area contributed by atoms with Gasteiger partial charge < -0.3 is 10.1 Å². The molecule has 0 aliphatic rings. The molecule has 3 aromatic carbocycles. The van der Waals surface area contributed by atoms with E-state index < -0.39 is 0 Å². The Hall–Kier alpha value is -4.15. The van der Waals surface area contributed by atoms with Crippen LogP contribution >= 0.6 is 11.6 Å². The van der Waals surface area contributed by atoms with Crippen molar-refractivity contribution in [3.05, 3.63) is 94.0 Å². The highest BCUT2D eigenvalue weighted by Gasteiger charge is 2.08. The van der Waals surface area contributed by atoms with Crippen molar-refractivity contribution in [3.63, 3.8) is 0 Å². The summed E-state index contributed by atoms with van der Waals surface area (Å²) in [7, 11) is 0. The van der Waals surface area contributed by atoms with Gasteiger partial charge in [-0.15, -0.1) is 0 Å². The van der Waals surface area contributed by atoms with Crippen LogP contribution in [0.15, 0.2) is 71.8 Å². The average molecular weight is 475 g/mol. The Kier molecular flexibility index (Phi) is 8.78. The van der Waals surface area contributed by atoms with Gasteiger partial charge >= 0.3 is 0 Å². The van der Waals surface area contributed by atoms with Crippen molar-refractivity contribution in [1.82, 2.24) is 5.43 Å². The Balaban J connectivity index is 1.40. The zero-order valence-corrected chi connectivity index (χ0v) is 19.3. The third kappa shape index (κ3) is 7.47. The van der Waals surface area contributed by atoms with Gasteiger partial charge in [0, 0.05) is 29.1 Å². The van der Waals surface area contributed by atoms with E-state index in [-0.39, 0.29) is 31.3 Å². The lowest BCUT2D eigenvalue weighted by Gasteiger charge is -2.07. The summed E-state index contributed by atoms with van der Waals surface area (Å²) in [6.45, 7) is 2.16. The number of carbonyl (C=O) groups is 2. The number of nitrogens with one attached hydrogen (secondary N) is 2. The standard InChI is InChI=1S/C26H23ClN4O3/c1-18-6-9-22(14-24(18)27)30-25(32)12-13-26(33)31-29-16-19-7-10-23(11-8-19)34-17-21-5-3-2-4-20(21)15-28/h2-11,14,16H,12-13,17H2,1H3,(H,30,32)(H,31,33). The summed E-state index contributed by atoms with van der Waals surface area (Å²) in [5.74, 6) is -0.00807. The van der Waals surface area contributed by atoms with Gasteiger partial charge in [0.15, 0.2) is 0 Å². The fraction of sp³-hybridized carbons (Fsp3) is 0.154. The van der Waals surface area contributed by atoms with E-state index in [4.69, 9.17) is 21.6 Å². The maximum absolute atomic E-state index is 12.0. The Morgan fingerprint density at radius 2 is 1.79 bits per heavy atom. The normalized spacial score (nSPS) is 10.5. The first-order valence-corrected chi connectivity index (χ1v) is 10.9. The van der Waals surface area contributed by atoms with Crippen molar-refractivity contribution in [2.45, 2.75) is 26.4 Å². The smallest absolute Gasteiger partial charge is 0.240 e. The van der Waals surface area contributed by atoms with Gasteiger partial charge in [0.2, 0.25) is 11.8 Å². The number of benzene rings is 3. The highest BCUT2D eigenvalue weighted by molar-refractivity contribution is 6.31. The van der Waals surface area contributed by atoms with E-state index in [1.807, 2.05) is 31.2 Å². The number of rotatable bonds is 9. The molecule has 0 atom stereocenters. The fourth-order valence-electron chi connectivity index (χ4n) is 2.92. The molecule has 0 unspecified atom stereocenters. The number of hydrogen-bond acceptors (Lipinski definition) is 5. The molecule has 3 aromatic rings. The molecular weight excluding hydrogens is 452 g/mol. The molecule has 0 spiro atoms. The molecule has 0 radical (unpaired) electrons. The quantitative estimate of drug-likeness (QED) is 0.337. The highest BCUT2D eigenvalue weighted by atomic mass is 35.5. The monoisotopic (exact) mass is 474 g/mol. The molecule has 34 heavy (non-hydrogen) atoms. The molecule has 8 heteroatoms. The Labute approximate surface area is 203 Å². The van der Waals surface area contributed by atoms with Crippen LogP contribution in [-0.2, 0) is 16.2 Å². The molecule has 0 bridgehead atoms. The Morgan fingerprint density at radius 1 is 1.06 bits per heavy atom. The molecule has 0 aromatic heterocycles. The van der Waals surface area contributed by atoms with E-state index in [0.29, 0.717) is 22.0 Å². The second kappa shape index (κ2) is 12.2. The number of aryl methyl sites for hydroxylation is 1. The fourth-order valence-corrected chi connectivity index (χ4v) is 3.10. The van der Waals surface area contributed by atoms with Crippen molar-refractivity contribution >= 4 is 35.3 Å². The van der Waals surface area contributed by atoms with E-state index in [0.717, 1.165) is 16.7 Å². The summed E-state index contributed by atoms with van der Waals surface area (Å²) >= 11 is 6.04. The van der Waals surface area contributed by atoms with Gasteiger partial charge in [0.1, 0.15) is 12.4 Å². The largest absolute Gasteiger partial charge is 0.489 e. The first-order chi connectivity index (χ1) is 16.4. The maximum atomic E-state index is 12.0. The maximum Gasteiger partial charge on any atom is 0.240 e. The van der Waals surface area contributed by atoms with E-state index in [1.165, 1.54) is 6.21 Å². The van der Waals surface area contributed by atoms with Gasteiger partial charge in [-0.2, -0.15) is 10.4 Å². The van der Waals surface area contributed by atoms with Crippen LogP contribution in [0.25, 0.3) is 0 Å². The lowest BCUT2D eigenvalue weighted by Crippen LogP contribution is -2.20. The van der Waals surface area contributed by atoms with Crippen LogP contribution in [0.5, 0.6) is 5.75 Å². The Bertz CT molecular complexity index is 1230. The van der Waals surface area contributed by atoms with Crippen LogP contribution in [0.2, 0.25) is 5.02 Å². The molecule has 0 heterocycles. The van der Waals surface area contributed by atoms with Crippen molar-refractivity contribution in [2.75, 3.05) is 5.32 Å². The topological polar surface area (TPSA) is 104 Å². The van der Waals surface area contributed by atoms with Crippen LogP contribution in [0.1, 0.15) is 35.1 Å². The average Bonchev–Trinajstić information content (AvgIpc) is 2.84. The second-order valence-electron chi connectivity index (χ2n) is 7.43. The summed E-state index contributed by atoms with van der Waals surface area (Å²) in [4.78, 5) is 24.0. The minimum Gasteiger partial charge on any atom is -0.489 e. The zero-order valence-electron chi connectivity index (χ0n) is 18.5. The SMILES string of the molecule is Cc1ccc(NC(=O)CCC(=O)NN=Cc2ccc(OCc3ccccc3C#N)cc2)cc1Cl. The van der Waals surface area contributed by atoms with Crippen LogP contribution < -0.4 is 15.5 Å². The summed E-state index contributed by atoms with van der Waals surface area (Å²) in [6, 6.07) is 21.8. The number of carbonyl (C=O) groups excluding carboxylic acids is 2. The van der Waals surface area contributed by atoms with Gasteiger partial charge in [-0.05, 0) is 60.5 Å². The summed E-state index contributed by atoms with van der Waals surface area (Å²) < 4.78 is 5.73. The molecule has 0 saturated heterocycles. The lowest BCUT2D eigenvalue weighted by atomic mass is 10.1. The number of anilines is 1. The molecule has 0 saturated carbocycles. The zero-order chi connectivity index (χ0) is 24.3. The number of nitrogens with zero attached hydrogens (tertiary/aromatic N) is 2. The Morgan fingerprint density at radius 3 is 2.53 bits per heavy atom. The predicted octanol–water partition coefficient (Wildman–Crippen LogP) is 4.97. The molecule has 7 nitrogen and oxygen atoms in total. The minimum absolute atomic E-state index is 0.000282. The van der Waals surface area contributed by atoms with Gasteiger partial charge in [-0.25, -0.2) is 5.43 Å². The molecule has 0 aliphatic heterocycles. The molecule has 2 N–H and O–H groups in total. The van der Waals surface area contributed by atoms with Crippen LogP contribution in [0.3, 0.4) is 0 Å². The van der Waals surface area contributed by atoms with Gasteiger partial charge in [0.25, 0.3) is 0 Å². The number of halogens is 1. The molecule has 0 aliphatic carbocycles. The summed E-state index contributed by atoms with van der Waals surface area (Å²) in [6.07, 6.45) is 1.52. The van der Waals surface area contributed by atoms with E-state index in [9.17, 15) is 9.59 Å². The highest BCUT2D eigenvalue weighted by Crippen LogP contribution is 2.20. The van der Waals surface area contributed by atoms with E-state index >= 15 is 0 Å². The third-order valence-electron chi connectivity index (χ3n) is 4.85. The van der Waals surface area contributed by atoms with Gasteiger partial charge in [-0.3, -0.25) is 9.59 Å². The van der Waals surface area contributed by atoms with Gasteiger partial charge in [-0.1, -0.05) is 35.9 Å². The van der Waals surface area contributed by atoms with Crippen molar-refractivity contribution < 1.29 is 14.3 Å². The van der Waals surface area contributed by atoms with E-state index in [1.54, 1.807) is 42.5 Å². The van der Waals surface area contributed by atoms with Crippen LogP contribution in [0.4, 0.5) is 5.69 Å². The van der Waals surface area contributed by atoms with Crippen molar-refractivity contribution in [3.8, 4) is 11.8 Å². The van der Waals surface area contributed by atoms with Crippen molar-refractivity contribution in [1.29, 1.82) is 5.26 Å². The third-order valence-corrected chi connectivity index (χ3v) is 5.26. The molecule has 172 valence electrons. The lowest BCUT2D eigenvalue weighted by molar-refractivity contribution is -0.124. The number of hydrogen-bond donors (Lipinski definition) is 2. The molecular formula is C26H23ClN4O3. The molecule has 0 fully saturated rings. The van der Waals surface area contributed by atoms with Crippen molar-refractivity contribution in [2.24, 2.45) is 5.10 Å². The van der Waals surface area contributed by atoms with Crippen LogP contribution in [0, 0.1) is 18.3 Å². The number of nitriles is 1. The number of hydrazone groups is 1. The first kappa shape index (κ1) is 24.5. The summed E-state index contributed by atoms with van der Waals surface area (Å²) in [5, 5.41) is 16.3. The molecule has 3 rings (SSSR count). The number of amides is 2. The van der Waals surface area contributed by atoms with E-state index in [2.05, 4.69) is 21.9 Å². The van der Waals surface area contributed by atoms with Gasteiger partial charge in [0.05, 0.1) is 17.8 Å². The summed E-state index contributed by atoms with van der Waals surface area (Å²) in [5.41, 5.74) is 6.07.